The number of aromatic nitrogens is 1. The van der Waals surface area contributed by atoms with Gasteiger partial charge in [0.05, 0.1) is 24.5 Å². The molecular formula is C20H17N3O5S. The second-order valence-electron chi connectivity index (χ2n) is 7.61. The average Bonchev–Trinajstić information content (AvgIpc) is 3.50. The molecule has 1 aromatic carbocycles. The van der Waals surface area contributed by atoms with Crippen molar-refractivity contribution in [2.75, 3.05) is 18.7 Å². The number of carbonyl (C=O) groups is 2. The van der Waals surface area contributed by atoms with Gasteiger partial charge in [0.15, 0.2) is 16.6 Å². The Morgan fingerprint density at radius 2 is 2.24 bits per heavy atom. The van der Waals surface area contributed by atoms with Gasteiger partial charge in [-0.1, -0.05) is 18.2 Å². The van der Waals surface area contributed by atoms with E-state index in [1.807, 2.05) is 30.4 Å². The van der Waals surface area contributed by atoms with Crippen LogP contribution in [0.25, 0.3) is 0 Å². The Labute approximate surface area is 170 Å². The van der Waals surface area contributed by atoms with Gasteiger partial charge in [0.25, 0.3) is 0 Å². The minimum absolute atomic E-state index is 0.0613. The standard InChI is InChI=1S/C20H17N3O5S/c24-17(22-19-21-5-6-29-19)15-13-3-4-20(28-13)9-23(18(25)16(15)20)8-11-1-2-12-14(7-11)27-10-26-12/h1-7,13,15-16H,8-10H2,(H,21,22,24)/t13-,15+,16+,20-/m1/s1. The van der Waals surface area contributed by atoms with E-state index in [4.69, 9.17) is 14.2 Å². The highest BCUT2D eigenvalue weighted by Crippen LogP contribution is 2.52. The number of amides is 2. The summed E-state index contributed by atoms with van der Waals surface area (Å²) in [5.74, 6) is 0.0314. The van der Waals surface area contributed by atoms with Crippen LogP contribution in [0.3, 0.4) is 0 Å². The van der Waals surface area contributed by atoms with Crippen LogP contribution in [-0.2, 0) is 20.9 Å². The number of fused-ring (bicyclic) bond motifs is 2. The first kappa shape index (κ1) is 17.0. The number of nitrogens with one attached hydrogen (secondary N) is 1. The molecule has 4 aliphatic rings. The largest absolute Gasteiger partial charge is 0.454 e. The van der Waals surface area contributed by atoms with Gasteiger partial charge in [0, 0.05) is 18.1 Å². The van der Waals surface area contributed by atoms with Crippen molar-refractivity contribution in [3.63, 3.8) is 0 Å². The Hall–Kier alpha value is -2.91. The maximum Gasteiger partial charge on any atom is 0.233 e. The first-order valence-corrected chi connectivity index (χ1v) is 10.3. The third-order valence-electron chi connectivity index (χ3n) is 5.95. The van der Waals surface area contributed by atoms with Gasteiger partial charge in [-0.15, -0.1) is 11.3 Å². The van der Waals surface area contributed by atoms with Crippen molar-refractivity contribution in [1.82, 2.24) is 9.88 Å². The molecular weight excluding hydrogens is 394 g/mol. The summed E-state index contributed by atoms with van der Waals surface area (Å²) in [5, 5.41) is 5.14. The van der Waals surface area contributed by atoms with Crippen LogP contribution in [0, 0.1) is 11.8 Å². The fourth-order valence-electron chi connectivity index (χ4n) is 4.75. The molecule has 4 atom stereocenters. The summed E-state index contributed by atoms with van der Waals surface area (Å²) >= 11 is 1.35. The normalized spacial score (nSPS) is 30.8. The molecule has 148 valence electrons. The number of likely N-dealkylation sites (tertiary alicyclic amines) is 1. The average molecular weight is 411 g/mol. The van der Waals surface area contributed by atoms with Crippen molar-refractivity contribution in [1.29, 1.82) is 0 Å². The molecule has 2 amide bonds. The number of anilines is 1. The molecule has 1 spiro atoms. The van der Waals surface area contributed by atoms with Crippen molar-refractivity contribution in [3.05, 3.63) is 47.5 Å². The smallest absolute Gasteiger partial charge is 0.233 e. The fraction of sp³-hybridized carbons (Fsp3) is 0.350. The van der Waals surface area contributed by atoms with Gasteiger partial charge in [-0.05, 0) is 17.7 Å². The third kappa shape index (κ3) is 2.50. The van der Waals surface area contributed by atoms with Gasteiger partial charge in [0.2, 0.25) is 18.6 Å². The van der Waals surface area contributed by atoms with Crippen molar-refractivity contribution >= 4 is 28.3 Å². The number of ether oxygens (including phenoxy) is 3. The Bertz CT molecular complexity index is 1040. The maximum absolute atomic E-state index is 13.3. The number of nitrogens with zero attached hydrogens (tertiary/aromatic N) is 2. The van der Waals surface area contributed by atoms with E-state index >= 15 is 0 Å². The number of carbonyl (C=O) groups excluding carboxylic acids is 2. The summed E-state index contributed by atoms with van der Waals surface area (Å²) in [6.45, 7) is 1.07. The monoisotopic (exact) mass is 411 g/mol. The van der Waals surface area contributed by atoms with E-state index in [0.29, 0.717) is 29.7 Å². The minimum Gasteiger partial charge on any atom is -0.454 e. The Balaban J connectivity index is 1.25. The zero-order valence-electron chi connectivity index (χ0n) is 15.2. The maximum atomic E-state index is 13.3. The van der Waals surface area contributed by atoms with Crippen molar-refractivity contribution < 1.29 is 23.8 Å². The van der Waals surface area contributed by atoms with Gasteiger partial charge in [0.1, 0.15) is 5.60 Å². The molecule has 2 fully saturated rings. The lowest BCUT2D eigenvalue weighted by Gasteiger charge is -2.23. The van der Waals surface area contributed by atoms with E-state index in [-0.39, 0.29) is 24.7 Å². The molecule has 29 heavy (non-hydrogen) atoms. The number of hydrogen-bond acceptors (Lipinski definition) is 7. The highest BCUT2D eigenvalue weighted by molar-refractivity contribution is 7.13. The Morgan fingerprint density at radius 1 is 1.34 bits per heavy atom. The Kier molecular flexibility index (Phi) is 3.54. The second-order valence-corrected chi connectivity index (χ2v) is 8.50. The van der Waals surface area contributed by atoms with Crippen LogP contribution in [0.5, 0.6) is 11.5 Å². The van der Waals surface area contributed by atoms with Gasteiger partial charge in [-0.25, -0.2) is 4.98 Å². The number of benzene rings is 1. The van der Waals surface area contributed by atoms with Crippen LogP contribution in [0.1, 0.15) is 5.56 Å². The van der Waals surface area contributed by atoms with E-state index in [1.54, 1.807) is 16.5 Å². The van der Waals surface area contributed by atoms with Crippen LogP contribution >= 0.6 is 11.3 Å². The molecule has 9 heteroatoms. The second kappa shape index (κ2) is 6.04. The first-order valence-electron chi connectivity index (χ1n) is 9.38. The van der Waals surface area contributed by atoms with Crippen molar-refractivity contribution in [2.45, 2.75) is 18.2 Å². The van der Waals surface area contributed by atoms with Crippen LogP contribution in [-0.4, -0.2) is 46.7 Å². The summed E-state index contributed by atoms with van der Waals surface area (Å²) in [7, 11) is 0. The lowest BCUT2D eigenvalue weighted by Crippen LogP contribution is -2.41. The predicted molar refractivity (Wildman–Crippen MR) is 102 cm³/mol. The van der Waals surface area contributed by atoms with Gasteiger partial charge in [-0.3, -0.25) is 9.59 Å². The van der Waals surface area contributed by atoms with E-state index in [9.17, 15) is 9.59 Å². The fourth-order valence-corrected chi connectivity index (χ4v) is 5.28. The zero-order chi connectivity index (χ0) is 19.6. The molecule has 0 saturated carbocycles. The predicted octanol–water partition coefficient (Wildman–Crippen LogP) is 1.79. The van der Waals surface area contributed by atoms with E-state index in [1.165, 1.54) is 11.3 Å². The summed E-state index contributed by atoms with van der Waals surface area (Å²) in [6.07, 6.45) is 5.11. The van der Waals surface area contributed by atoms with Crippen LogP contribution < -0.4 is 14.8 Å². The number of hydrogen-bond donors (Lipinski definition) is 1. The summed E-state index contributed by atoms with van der Waals surface area (Å²) in [6, 6.07) is 5.67. The molecule has 0 unspecified atom stereocenters. The molecule has 2 saturated heterocycles. The molecule has 0 aliphatic carbocycles. The topological polar surface area (TPSA) is 90.0 Å². The molecule has 8 nitrogen and oxygen atoms in total. The van der Waals surface area contributed by atoms with Crippen molar-refractivity contribution in [3.8, 4) is 11.5 Å². The third-order valence-corrected chi connectivity index (χ3v) is 6.64. The SMILES string of the molecule is O=C(Nc1nccs1)[C@@H]1[C@H]2C(=O)N(Cc3ccc4c(c3)OCO4)C[C@]23C=C[C@H]1O3. The lowest BCUT2D eigenvalue weighted by molar-refractivity contribution is -0.136. The summed E-state index contributed by atoms with van der Waals surface area (Å²) in [5.41, 5.74) is 0.212. The molecule has 5 heterocycles. The molecule has 2 aromatic rings. The summed E-state index contributed by atoms with van der Waals surface area (Å²) in [4.78, 5) is 32.1. The summed E-state index contributed by atoms with van der Waals surface area (Å²) < 4.78 is 16.9. The molecule has 1 aromatic heterocycles. The van der Waals surface area contributed by atoms with Gasteiger partial charge >= 0.3 is 0 Å². The minimum atomic E-state index is -0.733. The van der Waals surface area contributed by atoms with E-state index in [0.717, 1.165) is 5.56 Å². The zero-order valence-corrected chi connectivity index (χ0v) is 16.1. The van der Waals surface area contributed by atoms with Crippen LogP contribution in [0.2, 0.25) is 0 Å². The molecule has 6 rings (SSSR count). The molecule has 1 N–H and O–H groups in total. The van der Waals surface area contributed by atoms with E-state index in [2.05, 4.69) is 10.3 Å². The quantitative estimate of drug-likeness (QED) is 0.772. The molecule has 2 bridgehead atoms. The molecule has 0 radical (unpaired) electrons. The van der Waals surface area contributed by atoms with E-state index < -0.39 is 17.4 Å². The van der Waals surface area contributed by atoms with Crippen LogP contribution in [0.15, 0.2) is 41.9 Å². The van der Waals surface area contributed by atoms with Crippen LogP contribution in [0.4, 0.5) is 5.13 Å². The van der Waals surface area contributed by atoms with Gasteiger partial charge < -0.3 is 24.4 Å². The van der Waals surface area contributed by atoms with Crippen molar-refractivity contribution in [2.24, 2.45) is 11.8 Å². The lowest BCUT2D eigenvalue weighted by atomic mass is 9.77. The highest BCUT2D eigenvalue weighted by atomic mass is 32.1. The number of thiazole rings is 1. The number of rotatable bonds is 4. The van der Waals surface area contributed by atoms with Gasteiger partial charge in [-0.2, -0.15) is 0 Å². The molecule has 4 aliphatic heterocycles. The Morgan fingerprint density at radius 3 is 3.10 bits per heavy atom. The highest BCUT2D eigenvalue weighted by Gasteiger charge is 2.66. The first-order chi connectivity index (χ1) is 14.1.